The van der Waals surface area contributed by atoms with Gasteiger partial charge in [0, 0.05) is 37.7 Å². The Bertz CT molecular complexity index is 1230. The second-order valence-electron chi connectivity index (χ2n) is 9.50. The van der Waals surface area contributed by atoms with Crippen molar-refractivity contribution in [3.8, 4) is 11.3 Å². The smallest absolute Gasteiger partial charge is 0.338 e. The van der Waals surface area contributed by atoms with Gasteiger partial charge in [-0.15, -0.1) is 0 Å². The molecule has 1 atom stereocenters. The number of esters is 1. The summed E-state index contributed by atoms with van der Waals surface area (Å²) in [6.07, 6.45) is 6.71. The first kappa shape index (κ1) is 23.6. The first-order valence-corrected chi connectivity index (χ1v) is 12.5. The SMILES string of the molecule is C=C(c1c(C)c(C(=O)OC(C)C)cc2c(-c3ccnn3C3CCCCO3)ccn12)N1CCOCC1. The fourth-order valence-electron chi connectivity index (χ4n) is 5.06. The Hall–Kier alpha value is -3.10. The molecule has 0 saturated carbocycles. The molecule has 0 spiro atoms. The van der Waals surface area contributed by atoms with Gasteiger partial charge < -0.3 is 23.5 Å². The predicted molar refractivity (Wildman–Crippen MR) is 134 cm³/mol. The van der Waals surface area contributed by atoms with E-state index in [1.165, 1.54) is 0 Å². The molecule has 0 aliphatic carbocycles. The van der Waals surface area contributed by atoms with Crippen LogP contribution in [0.25, 0.3) is 22.5 Å². The Kier molecular flexibility index (Phi) is 6.67. The van der Waals surface area contributed by atoms with Crippen LogP contribution in [0.4, 0.5) is 0 Å². The number of carbonyl (C=O) groups is 1. The maximum atomic E-state index is 13.2. The molecular weight excluding hydrogens is 444 g/mol. The molecule has 0 bridgehead atoms. The highest BCUT2D eigenvalue weighted by atomic mass is 16.5. The van der Waals surface area contributed by atoms with Crippen LogP contribution in [0, 0.1) is 6.92 Å². The fraction of sp³-hybridized carbons (Fsp3) is 0.481. The second-order valence-corrected chi connectivity index (χ2v) is 9.50. The highest BCUT2D eigenvalue weighted by Crippen LogP contribution is 2.35. The lowest BCUT2D eigenvalue weighted by molar-refractivity contribution is -0.0383. The van der Waals surface area contributed by atoms with Gasteiger partial charge in [0.15, 0.2) is 6.23 Å². The van der Waals surface area contributed by atoms with E-state index in [0.717, 1.165) is 72.7 Å². The molecule has 2 saturated heterocycles. The van der Waals surface area contributed by atoms with Gasteiger partial charge in [0.2, 0.25) is 0 Å². The summed E-state index contributed by atoms with van der Waals surface area (Å²) in [7, 11) is 0. The summed E-state index contributed by atoms with van der Waals surface area (Å²) in [6.45, 7) is 13.7. The predicted octanol–water partition coefficient (Wildman–Crippen LogP) is 4.68. The van der Waals surface area contributed by atoms with Crippen molar-refractivity contribution in [2.75, 3.05) is 32.9 Å². The van der Waals surface area contributed by atoms with Crippen molar-refractivity contribution >= 4 is 17.2 Å². The molecule has 0 aromatic carbocycles. The molecule has 2 fully saturated rings. The van der Waals surface area contributed by atoms with E-state index in [-0.39, 0.29) is 18.3 Å². The molecule has 1 unspecified atom stereocenters. The van der Waals surface area contributed by atoms with E-state index in [2.05, 4.69) is 33.2 Å². The molecule has 3 aromatic heterocycles. The number of fused-ring (bicyclic) bond motifs is 1. The van der Waals surface area contributed by atoms with Gasteiger partial charge in [0.1, 0.15) is 0 Å². The molecule has 0 amide bonds. The standard InChI is InChI=1S/C27H34N4O4/c1-18(2)35-27(32)22-17-24-21(23-8-10-28-31(23)25-7-5-6-14-34-25)9-11-30(24)26(19(22)3)20(4)29-12-15-33-16-13-29/h8-11,17-18,25H,4-7,12-16H2,1-3H3. The molecule has 186 valence electrons. The average molecular weight is 479 g/mol. The zero-order valence-corrected chi connectivity index (χ0v) is 20.8. The van der Waals surface area contributed by atoms with E-state index in [1.54, 1.807) is 0 Å². The fourth-order valence-corrected chi connectivity index (χ4v) is 5.06. The van der Waals surface area contributed by atoms with Gasteiger partial charge in [-0.05, 0) is 63.8 Å². The lowest BCUT2D eigenvalue weighted by Crippen LogP contribution is -2.35. The van der Waals surface area contributed by atoms with Crippen LogP contribution in [0.1, 0.15) is 61.0 Å². The third-order valence-electron chi connectivity index (χ3n) is 6.81. The monoisotopic (exact) mass is 478 g/mol. The van der Waals surface area contributed by atoms with E-state index in [1.807, 2.05) is 43.8 Å². The average Bonchev–Trinajstić information content (AvgIpc) is 3.51. The summed E-state index contributed by atoms with van der Waals surface area (Å²) in [4.78, 5) is 15.4. The molecule has 8 nitrogen and oxygen atoms in total. The topological polar surface area (TPSA) is 70.2 Å². The minimum atomic E-state index is -0.327. The van der Waals surface area contributed by atoms with Crippen LogP contribution in [-0.2, 0) is 14.2 Å². The van der Waals surface area contributed by atoms with Crippen LogP contribution in [0.5, 0.6) is 0 Å². The first-order chi connectivity index (χ1) is 17.0. The minimum absolute atomic E-state index is 0.0812. The van der Waals surface area contributed by atoms with Crippen LogP contribution in [-0.4, -0.2) is 64.1 Å². The van der Waals surface area contributed by atoms with Gasteiger partial charge >= 0.3 is 5.97 Å². The van der Waals surface area contributed by atoms with Crippen LogP contribution >= 0.6 is 0 Å². The Morgan fingerprint density at radius 3 is 2.71 bits per heavy atom. The number of aromatic nitrogens is 3. The van der Waals surface area contributed by atoms with Crippen molar-refractivity contribution in [3.05, 3.63) is 54.0 Å². The third-order valence-corrected chi connectivity index (χ3v) is 6.81. The summed E-state index contributed by atoms with van der Waals surface area (Å²) in [5, 5.41) is 4.60. The zero-order chi connectivity index (χ0) is 24.5. The molecule has 0 radical (unpaired) electrons. The molecule has 8 heteroatoms. The molecule has 0 N–H and O–H groups in total. The highest BCUT2D eigenvalue weighted by Gasteiger charge is 2.26. The molecular formula is C27H34N4O4. The van der Waals surface area contributed by atoms with Crippen LogP contribution < -0.4 is 0 Å². The van der Waals surface area contributed by atoms with E-state index < -0.39 is 0 Å². The van der Waals surface area contributed by atoms with Crippen molar-refractivity contribution in [3.63, 3.8) is 0 Å². The molecule has 2 aliphatic rings. The number of rotatable bonds is 6. The molecule has 35 heavy (non-hydrogen) atoms. The first-order valence-electron chi connectivity index (χ1n) is 12.5. The molecule has 5 heterocycles. The van der Waals surface area contributed by atoms with E-state index in [9.17, 15) is 4.79 Å². The summed E-state index contributed by atoms with van der Waals surface area (Å²) in [6, 6.07) is 6.03. The van der Waals surface area contributed by atoms with Crippen LogP contribution in [0.15, 0.2) is 37.2 Å². The quantitative estimate of drug-likeness (QED) is 0.479. The number of pyridine rings is 1. The van der Waals surface area contributed by atoms with Gasteiger partial charge in [0.25, 0.3) is 0 Å². The number of hydrogen-bond donors (Lipinski definition) is 0. The summed E-state index contributed by atoms with van der Waals surface area (Å²) < 4.78 is 21.3. The second kappa shape index (κ2) is 9.87. The molecule has 3 aromatic rings. The summed E-state index contributed by atoms with van der Waals surface area (Å²) in [5.74, 6) is -0.327. The van der Waals surface area contributed by atoms with Crippen molar-refractivity contribution < 1.29 is 19.0 Å². The molecule has 2 aliphatic heterocycles. The normalized spacial score (nSPS) is 18.9. The Balaban J connectivity index is 1.66. The maximum absolute atomic E-state index is 13.2. The molecule has 5 rings (SSSR count). The van der Waals surface area contributed by atoms with Gasteiger partial charge in [-0.2, -0.15) is 5.10 Å². The Labute approximate surface area is 206 Å². The van der Waals surface area contributed by atoms with E-state index in [0.29, 0.717) is 18.8 Å². The van der Waals surface area contributed by atoms with Crippen molar-refractivity contribution in [2.24, 2.45) is 0 Å². The van der Waals surface area contributed by atoms with E-state index in [4.69, 9.17) is 14.2 Å². The van der Waals surface area contributed by atoms with Crippen molar-refractivity contribution in [2.45, 2.75) is 52.4 Å². The van der Waals surface area contributed by atoms with Crippen molar-refractivity contribution in [1.82, 2.24) is 19.1 Å². The Morgan fingerprint density at radius 1 is 1.20 bits per heavy atom. The number of carbonyl (C=O) groups excluding carboxylic acids is 1. The number of morpholine rings is 1. The van der Waals surface area contributed by atoms with Crippen LogP contribution in [0.2, 0.25) is 0 Å². The zero-order valence-electron chi connectivity index (χ0n) is 20.8. The number of hydrogen-bond acceptors (Lipinski definition) is 6. The summed E-state index contributed by atoms with van der Waals surface area (Å²) >= 11 is 0. The number of nitrogens with zero attached hydrogens (tertiary/aromatic N) is 4. The lowest BCUT2D eigenvalue weighted by atomic mass is 10.0. The van der Waals surface area contributed by atoms with Gasteiger partial charge in [-0.1, -0.05) is 6.58 Å². The maximum Gasteiger partial charge on any atom is 0.338 e. The van der Waals surface area contributed by atoms with E-state index >= 15 is 0 Å². The lowest BCUT2D eigenvalue weighted by Gasteiger charge is -2.32. The largest absolute Gasteiger partial charge is 0.459 e. The Morgan fingerprint density at radius 2 is 2.00 bits per heavy atom. The van der Waals surface area contributed by atoms with Gasteiger partial charge in [-0.3, -0.25) is 0 Å². The number of ether oxygens (including phenoxy) is 3. The van der Waals surface area contributed by atoms with Gasteiger partial charge in [-0.25, -0.2) is 9.48 Å². The highest BCUT2D eigenvalue weighted by molar-refractivity contribution is 5.96. The summed E-state index contributed by atoms with van der Waals surface area (Å²) in [5.41, 5.74) is 6.06. The minimum Gasteiger partial charge on any atom is -0.459 e. The van der Waals surface area contributed by atoms with Crippen molar-refractivity contribution in [1.29, 1.82) is 0 Å². The third kappa shape index (κ3) is 4.48. The van der Waals surface area contributed by atoms with Crippen LogP contribution in [0.3, 0.4) is 0 Å². The van der Waals surface area contributed by atoms with Gasteiger partial charge in [0.05, 0.1) is 47.5 Å².